The summed E-state index contributed by atoms with van der Waals surface area (Å²) in [4.78, 5) is 12.5. The highest BCUT2D eigenvalue weighted by Crippen LogP contribution is 2.25. The first-order valence-electron chi connectivity index (χ1n) is 7.78. The largest absolute Gasteiger partial charge is 0.496 e. The zero-order valence-electron chi connectivity index (χ0n) is 14.2. The number of nitrogens with zero attached hydrogens (tertiary/aromatic N) is 5. The molecule has 0 aliphatic rings. The summed E-state index contributed by atoms with van der Waals surface area (Å²) in [6.45, 7) is 3.77. The van der Waals surface area contributed by atoms with Crippen LogP contribution in [0.2, 0.25) is 0 Å². The fourth-order valence-corrected chi connectivity index (χ4v) is 2.65. The minimum absolute atomic E-state index is 0.151. The van der Waals surface area contributed by atoms with Crippen LogP contribution in [0.15, 0.2) is 36.5 Å². The molecule has 2 heterocycles. The van der Waals surface area contributed by atoms with E-state index in [0.717, 1.165) is 11.4 Å². The van der Waals surface area contributed by atoms with Gasteiger partial charge in [-0.2, -0.15) is 9.78 Å². The van der Waals surface area contributed by atoms with E-state index in [-0.39, 0.29) is 18.1 Å². The summed E-state index contributed by atoms with van der Waals surface area (Å²) in [6, 6.07) is 9.02. The smallest absolute Gasteiger partial charge is 0.300 e. The molecule has 0 radical (unpaired) electrons. The van der Waals surface area contributed by atoms with E-state index >= 15 is 0 Å². The highest BCUT2D eigenvalue weighted by molar-refractivity contribution is 5.93. The van der Waals surface area contributed by atoms with E-state index in [1.807, 2.05) is 25.1 Å². The first-order valence-corrected chi connectivity index (χ1v) is 7.78. The van der Waals surface area contributed by atoms with Gasteiger partial charge in [0.15, 0.2) is 5.69 Å². The van der Waals surface area contributed by atoms with Crippen LogP contribution < -0.4 is 4.74 Å². The van der Waals surface area contributed by atoms with Crippen LogP contribution in [0.5, 0.6) is 5.75 Å². The number of aliphatic hydroxyl groups is 1. The summed E-state index contributed by atoms with van der Waals surface area (Å²) in [6.07, 6.45) is 0.659. The number of methoxy groups -OCH3 is 1. The third-order valence-corrected chi connectivity index (χ3v) is 3.82. The van der Waals surface area contributed by atoms with Crippen molar-refractivity contribution in [1.29, 1.82) is 0 Å². The second kappa shape index (κ2) is 6.86. The standard InChI is InChI=1S/C17H19N5O3/c1-11-8-12(2)22(19-11)17(24)14-9-21(20-18-14)10-15(23)13-6-4-5-7-16(13)25-3/h4-9,15,23H,10H2,1-3H3/t15-/m0/s1. The van der Waals surface area contributed by atoms with Crippen LogP contribution in [0.4, 0.5) is 0 Å². The van der Waals surface area contributed by atoms with Crippen LogP contribution in [0.1, 0.15) is 33.5 Å². The van der Waals surface area contributed by atoms with Gasteiger partial charge in [-0.3, -0.25) is 4.79 Å². The molecule has 0 aliphatic heterocycles. The number of rotatable bonds is 5. The SMILES string of the molecule is COc1ccccc1[C@@H](O)Cn1cc(C(=O)n2nc(C)cc2C)nn1. The first-order chi connectivity index (χ1) is 12.0. The summed E-state index contributed by atoms with van der Waals surface area (Å²) in [5.41, 5.74) is 2.29. The molecule has 1 aromatic carbocycles. The van der Waals surface area contributed by atoms with Gasteiger partial charge in [0.05, 0.1) is 25.5 Å². The molecular weight excluding hydrogens is 322 g/mol. The van der Waals surface area contributed by atoms with Crippen molar-refractivity contribution in [2.75, 3.05) is 7.11 Å². The predicted molar refractivity (Wildman–Crippen MR) is 89.4 cm³/mol. The lowest BCUT2D eigenvalue weighted by atomic mass is 10.1. The molecule has 1 atom stereocenters. The lowest BCUT2D eigenvalue weighted by Crippen LogP contribution is -2.15. The highest BCUT2D eigenvalue weighted by Gasteiger charge is 2.19. The molecule has 3 aromatic rings. The summed E-state index contributed by atoms with van der Waals surface area (Å²) < 4.78 is 7.97. The van der Waals surface area contributed by atoms with Crippen LogP contribution in [0.3, 0.4) is 0 Å². The van der Waals surface area contributed by atoms with Gasteiger partial charge in [-0.25, -0.2) is 4.68 Å². The number of benzene rings is 1. The lowest BCUT2D eigenvalue weighted by molar-refractivity contribution is 0.0937. The molecule has 8 heteroatoms. The average Bonchev–Trinajstić information content (AvgIpc) is 3.20. The quantitative estimate of drug-likeness (QED) is 0.756. The van der Waals surface area contributed by atoms with Crippen molar-refractivity contribution in [3.05, 3.63) is 59.2 Å². The Morgan fingerprint density at radius 3 is 2.76 bits per heavy atom. The van der Waals surface area contributed by atoms with Crippen molar-refractivity contribution >= 4 is 5.91 Å². The minimum atomic E-state index is -0.838. The number of carbonyl (C=O) groups excluding carboxylic acids is 1. The molecule has 130 valence electrons. The van der Waals surface area contributed by atoms with Gasteiger partial charge in [-0.1, -0.05) is 23.4 Å². The van der Waals surface area contributed by atoms with E-state index in [4.69, 9.17) is 4.74 Å². The molecule has 0 bridgehead atoms. The van der Waals surface area contributed by atoms with Crippen molar-refractivity contribution in [1.82, 2.24) is 24.8 Å². The molecule has 2 aromatic heterocycles. The normalized spacial score (nSPS) is 12.2. The number of para-hydroxylation sites is 1. The van der Waals surface area contributed by atoms with Crippen LogP contribution in [0.25, 0.3) is 0 Å². The van der Waals surface area contributed by atoms with E-state index in [1.165, 1.54) is 15.6 Å². The van der Waals surface area contributed by atoms with Gasteiger partial charge < -0.3 is 9.84 Å². The van der Waals surface area contributed by atoms with Gasteiger partial charge in [-0.15, -0.1) is 5.10 Å². The lowest BCUT2D eigenvalue weighted by Gasteiger charge is -2.14. The molecule has 25 heavy (non-hydrogen) atoms. The van der Waals surface area contributed by atoms with Crippen LogP contribution in [0, 0.1) is 13.8 Å². The van der Waals surface area contributed by atoms with E-state index in [1.54, 1.807) is 26.2 Å². The molecule has 0 saturated carbocycles. The molecular formula is C17H19N5O3. The second-order valence-electron chi connectivity index (χ2n) is 5.73. The predicted octanol–water partition coefficient (Wildman–Crippen LogP) is 1.52. The number of hydrogen-bond donors (Lipinski definition) is 1. The maximum absolute atomic E-state index is 12.5. The summed E-state index contributed by atoms with van der Waals surface area (Å²) >= 11 is 0. The topological polar surface area (TPSA) is 95.1 Å². The van der Waals surface area contributed by atoms with Gasteiger partial charge in [0.25, 0.3) is 0 Å². The number of carbonyl (C=O) groups is 1. The number of ether oxygens (including phenoxy) is 1. The molecule has 0 fully saturated rings. The van der Waals surface area contributed by atoms with Crippen molar-refractivity contribution in [2.45, 2.75) is 26.5 Å². The zero-order chi connectivity index (χ0) is 18.0. The molecule has 3 rings (SSSR count). The molecule has 0 saturated heterocycles. The number of aliphatic hydroxyl groups excluding tert-OH is 1. The van der Waals surface area contributed by atoms with Gasteiger partial charge >= 0.3 is 5.91 Å². The summed E-state index contributed by atoms with van der Waals surface area (Å²) in [5.74, 6) is 0.234. The Kier molecular flexibility index (Phi) is 4.62. The van der Waals surface area contributed by atoms with E-state index in [2.05, 4.69) is 15.4 Å². The first kappa shape index (κ1) is 16.8. The van der Waals surface area contributed by atoms with Crippen molar-refractivity contribution in [3.63, 3.8) is 0 Å². The molecule has 8 nitrogen and oxygen atoms in total. The van der Waals surface area contributed by atoms with Crippen molar-refractivity contribution in [3.8, 4) is 5.75 Å². The summed E-state index contributed by atoms with van der Waals surface area (Å²) in [7, 11) is 1.55. The molecule has 0 unspecified atom stereocenters. The van der Waals surface area contributed by atoms with E-state index < -0.39 is 6.10 Å². The highest BCUT2D eigenvalue weighted by atomic mass is 16.5. The maximum Gasteiger partial charge on any atom is 0.300 e. The number of aromatic nitrogens is 5. The Bertz CT molecular complexity index is 899. The molecule has 0 aliphatic carbocycles. The Labute approximate surface area is 144 Å². The fourth-order valence-electron chi connectivity index (χ4n) is 2.65. The molecule has 1 N–H and O–H groups in total. The van der Waals surface area contributed by atoms with Gasteiger partial charge in [0, 0.05) is 11.3 Å². The minimum Gasteiger partial charge on any atom is -0.496 e. The maximum atomic E-state index is 12.5. The van der Waals surface area contributed by atoms with E-state index in [9.17, 15) is 9.90 Å². The Morgan fingerprint density at radius 2 is 2.08 bits per heavy atom. The molecule has 0 amide bonds. The average molecular weight is 341 g/mol. The summed E-state index contributed by atoms with van der Waals surface area (Å²) in [5, 5.41) is 22.4. The zero-order valence-corrected chi connectivity index (χ0v) is 14.2. The van der Waals surface area contributed by atoms with Gasteiger partial charge in [-0.05, 0) is 26.0 Å². The van der Waals surface area contributed by atoms with Crippen molar-refractivity contribution < 1.29 is 14.6 Å². The third-order valence-electron chi connectivity index (χ3n) is 3.82. The van der Waals surface area contributed by atoms with Crippen LogP contribution in [-0.4, -0.2) is 42.9 Å². The number of hydrogen-bond acceptors (Lipinski definition) is 6. The molecule has 0 spiro atoms. The second-order valence-corrected chi connectivity index (χ2v) is 5.73. The van der Waals surface area contributed by atoms with Crippen LogP contribution >= 0.6 is 0 Å². The van der Waals surface area contributed by atoms with E-state index in [0.29, 0.717) is 11.3 Å². The van der Waals surface area contributed by atoms with Gasteiger partial charge in [0.2, 0.25) is 0 Å². The Hall–Kier alpha value is -3.00. The van der Waals surface area contributed by atoms with Crippen LogP contribution in [-0.2, 0) is 6.54 Å². The van der Waals surface area contributed by atoms with Crippen molar-refractivity contribution in [2.24, 2.45) is 0 Å². The Morgan fingerprint density at radius 1 is 1.32 bits per heavy atom. The number of aryl methyl sites for hydroxylation is 2. The van der Waals surface area contributed by atoms with Gasteiger partial charge in [0.1, 0.15) is 11.9 Å². The fraction of sp³-hybridized carbons (Fsp3) is 0.294. The third kappa shape index (κ3) is 3.43. The Balaban J connectivity index is 1.77. The monoisotopic (exact) mass is 341 g/mol.